The fraction of sp³-hybridized carbons (Fsp3) is 0.600. The van der Waals surface area contributed by atoms with E-state index in [0.29, 0.717) is 36.2 Å². The van der Waals surface area contributed by atoms with E-state index < -0.39 is 0 Å². The number of hydrogen-bond donors (Lipinski definition) is 0. The van der Waals surface area contributed by atoms with E-state index in [0.717, 1.165) is 39.0 Å². The lowest BCUT2D eigenvalue weighted by atomic mass is 9.95. The van der Waals surface area contributed by atoms with Crippen molar-refractivity contribution in [3.8, 4) is 5.75 Å². The first-order valence-corrected chi connectivity index (χ1v) is 9.30. The highest BCUT2D eigenvalue weighted by Crippen LogP contribution is 2.25. The standard InChI is InChI=1S/C20H28N2O4/c1-25-14-16-10-19(23)22(13-16)12-15-6-8-21(9-7-15)20(24)17-4-3-5-18(11-17)26-2/h3-5,11,15-16H,6-10,12-14H2,1-2H3. The molecule has 0 saturated carbocycles. The predicted molar refractivity (Wildman–Crippen MR) is 98.2 cm³/mol. The zero-order valence-electron chi connectivity index (χ0n) is 15.6. The average molecular weight is 360 g/mol. The second-order valence-corrected chi connectivity index (χ2v) is 7.29. The lowest BCUT2D eigenvalue weighted by Crippen LogP contribution is -2.42. The number of piperidine rings is 1. The van der Waals surface area contributed by atoms with Crippen molar-refractivity contribution in [1.29, 1.82) is 0 Å². The van der Waals surface area contributed by atoms with Gasteiger partial charge in [-0.15, -0.1) is 0 Å². The topological polar surface area (TPSA) is 59.1 Å². The predicted octanol–water partition coefficient (Wildman–Crippen LogP) is 2.04. The van der Waals surface area contributed by atoms with E-state index in [1.807, 2.05) is 28.0 Å². The lowest BCUT2D eigenvalue weighted by Gasteiger charge is -2.34. The largest absolute Gasteiger partial charge is 0.497 e. The minimum Gasteiger partial charge on any atom is -0.497 e. The van der Waals surface area contributed by atoms with Gasteiger partial charge in [-0.05, 0) is 37.0 Å². The molecule has 26 heavy (non-hydrogen) atoms. The van der Waals surface area contributed by atoms with E-state index in [1.54, 1.807) is 20.3 Å². The fourth-order valence-electron chi connectivity index (χ4n) is 3.95. The van der Waals surface area contributed by atoms with Gasteiger partial charge in [-0.3, -0.25) is 9.59 Å². The molecule has 2 fully saturated rings. The molecule has 2 heterocycles. The van der Waals surface area contributed by atoms with Gasteiger partial charge in [-0.25, -0.2) is 0 Å². The van der Waals surface area contributed by atoms with Gasteiger partial charge in [0, 0.05) is 51.2 Å². The van der Waals surface area contributed by atoms with Crippen LogP contribution in [-0.2, 0) is 9.53 Å². The molecule has 0 radical (unpaired) electrons. The van der Waals surface area contributed by atoms with Crippen LogP contribution in [0.2, 0.25) is 0 Å². The van der Waals surface area contributed by atoms with Gasteiger partial charge in [0.25, 0.3) is 5.91 Å². The highest BCUT2D eigenvalue weighted by atomic mass is 16.5. The van der Waals surface area contributed by atoms with Crippen molar-refractivity contribution in [3.05, 3.63) is 29.8 Å². The molecule has 1 aromatic rings. The summed E-state index contributed by atoms with van der Waals surface area (Å²) in [6.45, 7) is 3.74. The molecule has 0 N–H and O–H groups in total. The molecule has 0 bridgehead atoms. The molecule has 0 aliphatic carbocycles. The van der Waals surface area contributed by atoms with Crippen molar-refractivity contribution in [2.75, 3.05) is 47.0 Å². The number of likely N-dealkylation sites (tertiary alicyclic amines) is 2. The zero-order valence-corrected chi connectivity index (χ0v) is 15.6. The summed E-state index contributed by atoms with van der Waals surface area (Å²) >= 11 is 0. The van der Waals surface area contributed by atoms with Gasteiger partial charge in [0.05, 0.1) is 13.7 Å². The van der Waals surface area contributed by atoms with Crippen molar-refractivity contribution in [3.63, 3.8) is 0 Å². The van der Waals surface area contributed by atoms with Crippen molar-refractivity contribution in [2.24, 2.45) is 11.8 Å². The summed E-state index contributed by atoms with van der Waals surface area (Å²) in [5.74, 6) is 1.78. The van der Waals surface area contributed by atoms with Crippen LogP contribution in [0.15, 0.2) is 24.3 Å². The number of benzene rings is 1. The van der Waals surface area contributed by atoms with E-state index in [9.17, 15) is 9.59 Å². The van der Waals surface area contributed by atoms with Gasteiger partial charge in [0.2, 0.25) is 5.91 Å². The van der Waals surface area contributed by atoms with Crippen LogP contribution >= 0.6 is 0 Å². The Balaban J connectivity index is 1.49. The Morgan fingerprint density at radius 3 is 2.65 bits per heavy atom. The third-order valence-corrected chi connectivity index (χ3v) is 5.39. The Bertz CT molecular complexity index is 640. The Hall–Kier alpha value is -2.08. The van der Waals surface area contributed by atoms with Gasteiger partial charge in [0.15, 0.2) is 0 Å². The summed E-state index contributed by atoms with van der Waals surface area (Å²) in [4.78, 5) is 28.7. The monoisotopic (exact) mass is 360 g/mol. The molecule has 1 aromatic carbocycles. The number of ether oxygens (including phenoxy) is 2. The minimum absolute atomic E-state index is 0.0553. The maximum atomic E-state index is 12.7. The molecule has 2 amide bonds. The van der Waals surface area contributed by atoms with Crippen LogP contribution in [0.3, 0.4) is 0 Å². The number of hydrogen-bond acceptors (Lipinski definition) is 4. The smallest absolute Gasteiger partial charge is 0.253 e. The van der Waals surface area contributed by atoms with Crippen LogP contribution in [0.4, 0.5) is 0 Å². The SMILES string of the molecule is COCC1CC(=O)N(CC2CCN(C(=O)c3cccc(OC)c3)CC2)C1. The van der Waals surface area contributed by atoms with Crippen LogP contribution in [0.25, 0.3) is 0 Å². The summed E-state index contributed by atoms with van der Waals surface area (Å²) in [6, 6.07) is 7.30. The van der Waals surface area contributed by atoms with Crippen LogP contribution in [-0.4, -0.2) is 68.6 Å². The van der Waals surface area contributed by atoms with E-state index in [2.05, 4.69) is 0 Å². The van der Waals surface area contributed by atoms with Crippen molar-refractivity contribution in [2.45, 2.75) is 19.3 Å². The van der Waals surface area contributed by atoms with Crippen LogP contribution < -0.4 is 4.74 Å². The van der Waals surface area contributed by atoms with Gasteiger partial charge in [-0.1, -0.05) is 6.07 Å². The van der Waals surface area contributed by atoms with Crippen molar-refractivity contribution in [1.82, 2.24) is 9.80 Å². The second kappa shape index (κ2) is 8.54. The highest BCUT2D eigenvalue weighted by Gasteiger charge is 2.32. The Morgan fingerprint density at radius 2 is 1.96 bits per heavy atom. The van der Waals surface area contributed by atoms with Crippen molar-refractivity contribution < 1.29 is 19.1 Å². The first kappa shape index (κ1) is 18.7. The van der Waals surface area contributed by atoms with E-state index in [1.165, 1.54) is 0 Å². The number of methoxy groups -OCH3 is 2. The number of carbonyl (C=O) groups excluding carboxylic acids is 2. The Kier molecular flexibility index (Phi) is 6.14. The molecular formula is C20H28N2O4. The summed E-state index contributed by atoms with van der Waals surface area (Å²) in [7, 11) is 3.29. The molecule has 3 rings (SSSR count). The summed E-state index contributed by atoms with van der Waals surface area (Å²) in [6.07, 6.45) is 2.48. The second-order valence-electron chi connectivity index (χ2n) is 7.29. The van der Waals surface area contributed by atoms with Gasteiger partial charge in [-0.2, -0.15) is 0 Å². The van der Waals surface area contributed by atoms with Gasteiger partial charge < -0.3 is 19.3 Å². The normalized spacial score (nSPS) is 21.3. The number of carbonyl (C=O) groups is 2. The first-order chi connectivity index (χ1) is 12.6. The van der Waals surface area contributed by atoms with Crippen molar-refractivity contribution >= 4 is 11.8 Å². The fourth-order valence-corrected chi connectivity index (χ4v) is 3.95. The summed E-state index contributed by atoms with van der Waals surface area (Å²) in [5, 5.41) is 0. The third kappa shape index (κ3) is 4.36. The Morgan fingerprint density at radius 1 is 1.19 bits per heavy atom. The van der Waals surface area contributed by atoms with Crippen LogP contribution in [0.1, 0.15) is 29.6 Å². The molecule has 2 aliphatic heterocycles. The molecule has 1 atom stereocenters. The minimum atomic E-state index is 0.0553. The van der Waals surface area contributed by atoms with Gasteiger partial charge >= 0.3 is 0 Å². The van der Waals surface area contributed by atoms with Crippen LogP contribution in [0.5, 0.6) is 5.75 Å². The van der Waals surface area contributed by atoms with Gasteiger partial charge in [0.1, 0.15) is 5.75 Å². The molecule has 2 aliphatic rings. The zero-order chi connectivity index (χ0) is 18.5. The molecule has 6 heteroatoms. The maximum Gasteiger partial charge on any atom is 0.253 e. The number of nitrogens with zero attached hydrogens (tertiary/aromatic N) is 2. The third-order valence-electron chi connectivity index (χ3n) is 5.39. The maximum absolute atomic E-state index is 12.7. The van der Waals surface area contributed by atoms with E-state index in [4.69, 9.17) is 9.47 Å². The lowest BCUT2D eigenvalue weighted by molar-refractivity contribution is -0.128. The number of amides is 2. The first-order valence-electron chi connectivity index (χ1n) is 9.30. The van der Waals surface area contributed by atoms with E-state index in [-0.39, 0.29) is 11.8 Å². The molecule has 1 unspecified atom stereocenters. The number of rotatable bonds is 6. The molecule has 0 aromatic heterocycles. The quantitative estimate of drug-likeness (QED) is 0.779. The molecule has 0 spiro atoms. The molecular weight excluding hydrogens is 332 g/mol. The average Bonchev–Trinajstić information content (AvgIpc) is 3.01. The summed E-state index contributed by atoms with van der Waals surface area (Å²) in [5.41, 5.74) is 0.667. The molecule has 2 saturated heterocycles. The Labute approximate surface area is 155 Å². The highest BCUT2D eigenvalue weighted by molar-refractivity contribution is 5.94. The molecule has 6 nitrogen and oxygen atoms in total. The molecule has 142 valence electrons. The van der Waals surface area contributed by atoms with Crippen LogP contribution in [0, 0.1) is 11.8 Å². The summed E-state index contributed by atoms with van der Waals surface area (Å²) < 4.78 is 10.4. The van der Waals surface area contributed by atoms with E-state index >= 15 is 0 Å².